The molecule has 2 aromatic rings. The summed E-state index contributed by atoms with van der Waals surface area (Å²) in [6, 6.07) is 14.9. The summed E-state index contributed by atoms with van der Waals surface area (Å²) in [7, 11) is 0. The van der Waals surface area contributed by atoms with Crippen LogP contribution < -0.4 is 5.32 Å². The molecule has 2 rings (SSSR count). The van der Waals surface area contributed by atoms with E-state index in [2.05, 4.69) is 5.32 Å². The number of benzene rings is 2. The van der Waals surface area contributed by atoms with Crippen LogP contribution in [0.15, 0.2) is 53.4 Å². The molecule has 0 aliphatic rings. The van der Waals surface area contributed by atoms with Crippen molar-refractivity contribution in [2.75, 3.05) is 5.75 Å². The Labute approximate surface area is 183 Å². The molecule has 2 amide bonds. The Bertz CT molecular complexity index is 809. The quantitative estimate of drug-likeness (QED) is 0.562. The van der Waals surface area contributed by atoms with Crippen LogP contribution in [0.3, 0.4) is 0 Å². The summed E-state index contributed by atoms with van der Waals surface area (Å²) in [6.07, 6.45) is 0.840. The lowest BCUT2D eigenvalue weighted by Crippen LogP contribution is -2.50. The zero-order valence-corrected chi connectivity index (χ0v) is 19.0. The highest BCUT2D eigenvalue weighted by molar-refractivity contribution is 8.00. The van der Waals surface area contributed by atoms with Gasteiger partial charge in [0.05, 0.1) is 5.75 Å². The monoisotopic (exact) mass is 432 g/mol. The number of carbonyl (C=O) groups is 2. The average molecular weight is 433 g/mol. The highest BCUT2D eigenvalue weighted by Gasteiger charge is 2.26. The number of carbonyl (C=O) groups excluding carboxylic acids is 2. The van der Waals surface area contributed by atoms with Gasteiger partial charge in [0.15, 0.2) is 0 Å². The van der Waals surface area contributed by atoms with Crippen LogP contribution in [0.1, 0.15) is 38.3 Å². The zero-order chi connectivity index (χ0) is 21.4. The fourth-order valence-corrected chi connectivity index (χ4v) is 3.61. The molecule has 0 aliphatic carbocycles. The Morgan fingerprint density at radius 3 is 2.28 bits per heavy atom. The molecule has 0 fully saturated rings. The second-order valence-electron chi connectivity index (χ2n) is 7.24. The summed E-state index contributed by atoms with van der Waals surface area (Å²) in [5.41, 5.74) is 2.12. The van der Waals surface area contributed by atoms with Gasteiger partial charge in [-0.3, -0.25) is 9.59 Å². The van der Waals surface area contributed by atoms with Crippen LogP contribution in [-0.4, -0.2) is 34.6 Å². The highest BCUT2D eigenvalue weighted by Crippen LogP contribution is 2.21. The minimum Gasteiger partial charge on any atom is -0.352 e. The van der Waals surface area contributed by atoms with E-state index in [0.717, 1.165) is 16.9 Å². The average Bonchev–Trinajstić information content (AvgIpc) is 2.72. The number of nitrogens with one attached hydrogen (secondary N) is 1. The van der Waals surface area contributed by atoms with Crippen LogP contribution in [0.4, 0.5) is 0 Å². The normalized spacial score (nSPS) is 12.9. The number of hydrogen-bond acceptors (Lipinski definition) is 3. The first-order valence-electron chi connectivity index (χ1n) is 9.84. The summed E-state index contributed by atoms with van der Waals surface area (Å²) >= 11 is 7.46. The minimum absolute atomic E-state index is 0.0689. The molecule has 0 saturated carbocycles. The number of aryl methyl sites for hydroxylation is 1. The van der Waals surface area contributed by atoms with Gasteiger partial charge in [0, 0.05) is 22.5 Å². The van der Waals surface area contributed by atoms with Crippen molar-refractivity contribution in [1.82, 2.24) is 10.2 Å². The van der Waals surface area contributed by atoms with E-state index in [0.29, 0.717) is 11.6 Å². The lowest BCUT2D eigenvalue weighted by molar-refractivity contribution is -0.138. The molecule has 0 bridgehead atoms. The minimum atomic E-state index is -0.564. The van der Waals surface area contributed by atoms with Crippen molar-refractivity contribution in [3.63, 3.8) is 0 Å². The molecule has 156 valence electrons. The predicted octanol–water partition coefficient (Wildman–Crippen LogP) is 5.07. The summed E-state index contributed by atoms with van der Waals surface area (Å²) in [5, 5.41) is 3.62. The zero-order valence-electron chi connectivity index (χ0n) is 17.4. The molecule has 2 aromatic carbocycles. The third kappa shape index (κ3) is 7.41. The Hall–Kier alpha value is -1.98. The first-order chi connectivity index (χ1) is 13.8. The fourth-order valence-electron chi connectivity index (χ4n) is 2.70. The van der Waals surface area contributed by atoms with E-state index in [9.17, 15) is 9.59 Å². The molecule has 29 heavy (non-hydrogen) atoms. The summed E-state index contributed by atoms with van der Waals surface area (Å²) < 4.78 is 0. The number of amides is 2. The molecular formula is C23H29ClN2O2S. The van der Waals surface area contributed by atoms with E-state index in [4.69, 9.17) is 11.6 Å². The largest absolute Gasteiger partial charge is 0.352 e. The number of hydrogen-bond donors (Lipinski definition) is 1. The van der Waals surface area contributed by atoms with E-state index in [-0.39, 0.29) is 23.6 Å². The Morgan fingerprint density at radius 2 is 1.69 bits per heavy atom. The van der Waals surface area contributed by atoms with Crippen molar-refractivity contribution in [3.8, 4) is 0 Å². The number of halogens is 1. The lowest BCUT2D eigenvalue weighted by Gasteiger charge is -2.29. The maximum Gasteiger partial charge on any atom is 0.242 e. The molecule has 0 aliphatic heterocycles. The topological polar surface area (TPSA) is 49.4 Å². The van der Waals surface area contributed by atoms with Gasteiger partial charge in [0.2, 0.25) is 11.8 Å². The van der Waals surface area contributed by atoms with Crippen molar-refractivity contribution in [1.29, 1.82) is 0 Å². The Kier molecular flexibility index (Phi) is 9.05. The maximum atomic E-state index is 13.1. The molecule has 0 spiro atoms. The van der Waals surface area contributed by atoms with Gasteiger partial charge in [-0.25, -0.2) is 0 Å². The molecule has 4 nitrogen and oxygen atoms in total. The van der Waals surface area contributed by atoms with Gasteiger partial charge in [-0.05, 0) is 57.0 Å². The SMILES string of the molecule is CC[C@H](C)NC(=O)[C@H](C)N(Cc1ccc(Cl)cc1)C(=O)CSc1ccc(C)cc1. The van der Waals surface area contributed by atoms with E-state index < -0.39 is 6.04 Å². The molecule has 2 atom stereocenters. The molecule has 6 heteroatoms. The van der Waals surface area contributed by atoms with Crippen molar-refractivity contribution in [2.45, 2.75) is 57.6 Å². The highest BCUT2D eigenvalue weighted by atomic mass is 35.5. The second-order valence-corrected chi connectivity index (χ2v) is 8.73. The lowest BCUT2D eigenvalue weighted by atomic mass is 10.1. The summed E-state index contributed by atoms with van der Waals surface area (Å²) in [4.78, 5) is 28.4. The van der Waals surface area contributed by atoms with Crippen LogP contribution in [0.2, 0.25) is 5.02 Å². The summed E-state index contributed by atoms with van der Waals surface area (Å²) in [6.45, 7) is 8.15. The van der Waals surface area contributed by atoms with Crippen LogP contribution >= 0.6 is 23.4 Å². The fraction of sp³-hybridized carbons (Fsp3) is 0.391. The third-order valence-corrected chi connectivity index (χ3v) is 6.07. The third-order valence-electron chi connectivity index (χ3n) is 4.82. The van der Waals surface area contributed by atoms with Gasteiger partial charge in [-0.15, -0.1) is 11.8 Å². The first-order valence-corrected chi connectivity index (χ1v) is 11.2. The van der Waals surface area contributed by atoms with Crippen molar-refractivity contribution in [2.24, 2.45) is 0 Å². The molecule has 0 radical (unpaired) electrons. The molecule has 0 unspecified atom stereocenters. The van der Waals surface area contributed by atoms with Crippen LogP contribution in [0.25, 0.3) is 0 Å². The standard InChI is InChI=1S/C23H29ClN2O2S/c1-5-17(3)25-23(28)18(4)26(14-19-8-10-20(24)11-9-19)22(27)15-29-21-12-6-16(2)7-13-21/h6-13,17-18H,5,14-15H2,1-4H3,(H,25,28)/t17-,18-/m0/s1. The summed E-state index contributed by atoms with van der Waals surface area (Å²) in [5.74, 6) is 0.0664. The van der Waals surface area contributed by atoms with Gasteiger partial charge >= 0.3 is 0 Å². The molecule has 1 N–H and O–H groups in total. The van der Waals surface area contributed by atoms with Crippen LogP contribution in [0, 0.1) is 6.92 Å². The smallest absolute Gasteiger partial charge is 0.242 e. The molecular weight excluding hydrogens is 404 g/mol. The van der Waals surface area contributed by atoms with Gasteiger partial charge in [-0.2, -0.15) is 0 Å². The van der Waals surface area contributed by atoms with E-state index in [1.165, 1.54) is 17.3 Å². The second kappa shape index (κ2) is 11.3. The van der Waals surface area contributed by atoms with E-state index in [1.54, 1.807) is 24.0 Å². The van der Waals surface area contributed by atoms with Crippen LogP contribution in [0.5, 0.6) is 0 Å². The predicted molar refractivity (Wildman–Crippen MR) is 121 cm³/mol. The van der Waals surface area contributed by atoms with Gasteiger partial charge in [-0.1, -0.05) is 48.4 Å². The van der Waals surface area contributed by atoms with Gasteiger partial charge in [0.25, 0.3) is 0 Å². The molecule has 0 aromatic heterocycles. The van der Waals surface area contributed by atoms with E-state index >= 15 is 0 Å². The number of rotatable bonds is 9. The van der Waals surface area contributed by atoms with Gasteiger partial charge < -0.3 is 10.2 Å². The van der Waals surface area contributed by atoms with Crippen molar-refractivity contribution >= 4 is 35.2 Å². The number of thioether (sulfide) groups is 1. The number of nitrogens with zero attached hydrogens (tertiary/aromatic N) is 1. The van der Waals surface area contributed by atoms with E-state index in [1.807, 2.05) is 57.2 Å². The van der Waals surface area contributed by atoms with Crippen molar-refractivity contribution in [3.05, 3.63) is 64.7 Å². The van der Waals surface area contributed by atoms with Crippen LogP contribution in [-0.2, 0) is 16.1 Å². The molecule has 0 heterocycles. The molecule has 0 saturated heterocycles. The van der Waals surface area contributed by atoms with Crippen molar-refractivity contribution < 1.29 is 9.59 Å². The van der Waals surface area contributed by atoms with Gasteiger partial charge in [0.1, 0.15) is 6.04 Å². The maximum absolute atomic E-state index is 13.1. The Morgan fingerprint density at radius 1 is 1.07 bits per heavy atom. The first kappa shape index (κ1) is 23.3. The Balaban J connectivity index is 2.13.